The van der Waals surface area contributed by atoms with Crippen molar-refractivity contribution in [3.63, 3.8) is 0 Å². The van der Waals surface area contributed by atoms with Gasteiger partial charge in [-0.05, 0) is 24.3 Å². The lowest BCUT2D eigenvalue weighted by molar-refractivity contribution is 0.0600. The molecule has 0 unspecified atom stereocenters. The zero-order valence-electron chi connectivity index (χ0n) is 8.31. The Balaban J connectivity index is 2.39. The summed E-state index contributed by atoms with van der Waals surface area (Å²) in [6.45, 7) is 0. The SMILES string of the molecule is COC(=O)c1cccc(-n2c[c]cc2)c1. The Labute approximate surface area is 87.9 Å². The van der Waals surface area contributed by atoms with Gasteiger partial charge in [-0.15, -0.1) is 0 Å². The highest BCUT2D eigenvalue weighted by molar-refractivity contribution is 5.89. The number of esters is 1. The van der Waals surface area contributed by atoms with Gasteiger partial charge in [0.15, 0.2) is 0 Å². The van der Waals surface area contributed by atoms with E-state index in [9.17, 15) is 4.79 Å². The molecule has 0 fully saturated rings. The van der Waals surface area contributed by atoms with Crippen LogP contribution in [0.5, 0.6) is 0 Å². The number of rotatable bonds is 2. The zero-order valence-corrected chi connectivity index (χ0v) is 8.31. The van der Waals surface area contributed by atoms with E-state index < -0.39 is 0 Å². The standard InChI is InChI=1S/C12H10NO2/c1-15-12(14)10-5-4-6-11(9-10)13-7-2-3-8-13/h2,4-9H,1H3. The second kappa shape index (κ2) is 4.00. The van der Waals surface area contributed by atoms with Crippen LogP contribution in [0.15, 0.2) is 42.7 Å². The molecule has 0 saturated heterocycles. The minimum atomic E-state index is -0.326. The highest BCUT2D eigenvalue weighted by Gasteiger charge is 2.05. The van der Waals surface area contributed by atoms with E-state index in [1.807, 2.05) is 29.0 Å². The first-order valence-electron chi connectivity index (χ1n) is 4.54. The Bertz CT molecular complexity index is 460. The molecule has 1 radical (unpaired) electrons. The molecule has 1 aromatic heterocycles. The monoisotopic (exact) mass is 200 g/mol. The van der Waals surface area contributed by atoms with Crippen LogP contribution in [0.2, 0.25) is 0 Å². The summed E-state index contributed by atoms with van der Waals surface area (Å²) in [7, 11) is 1.37. The van der Waals surface area contributed by atoms with E-state index in [0.29, 0.717) is 5.56 Å². The molecule has 0 spiro atoms. The van der Waals surface area contributed by atoms with Crippen molar-refractivity contribution in [2.45, 2.75) is 0 Å². The Kier molecular flexibility index (Phi) is 2.54. The van der Waals surface area contributed by atoms with Crippen molar-refractivity contribution in [2.24, 2.45) is 0 Å². The lowest BCUT2D eigenvalue weighted by atomic mass is 10.2. The van der Waals surface area contributed by atoms with Crippen molar-refractivity contribution < 1.29 is 9.53 Å². The fourth-order valence-corrected chi connectivity index (χ4v) is 1.36. The molecule has 2 aromatic rings. The molecule has 1 aromatic carbocycles. The van der Waals surface area contributed by atoms with Gasteiger partial charge in [-0.25, -0.2) is 4.79 Å². The smallest absolute Gasteiger partial charge is 0.337 e. The second-order valence-corrected chi connectivity index (χ2v) is 3.06. The van der Waals surface area contributed by atoms with Crippen molar-refractivity contribution in [3.05, 3.63) is 54.4 Å². The molecule has 0 saturated carbocycles. The van der Waals surface area contributed by atoms with E-state index in [1.165, 1.54) is 7.11 Å². The largest absolute Gasteiger partial charge is 0.465 e. The number of hydrogen-bond acceptors (Lipinski definition) is 2. The van der Waals surface area contributed by atoms with Crippen LogP contribution in [0.25, 0.3) is 5.69 Å². The van der Waals surface area contributed by atoms with Gasteiger partial charge in [-0.1, -0.05) is 6.07 Å². The van der Waals surface area contributed by atoms with E-state index in [2.05, 4.69) is 10.8 Å². The number of carbonyl (C=O) groups is 1. The number of nitrogens with zero attached hydrogens (tertiary/aromatic N) is 1. The first kappa shape index (κ1) is 9.52. The Hall–Kier alpha value is -2.03. The maximum absolute atomic E-state index is 11.3. The van der Waals surface area contributed by atoms with E-state index >= 15 is 0 Å². The molecule has 0 N–H and O–H groups in total. The molecule has 0 aliphatic rings. The van der Waals surface area contributed by atoms with Crippen molar-refractivity contribution in [3.8, 4) is 5.69 Å². The minimum absolute atomic E-state index is 0.326. The lowest BCUT2D eigenvalue weighted by Crippen LogP contribution is -2.02. The second-order valence-electron chi connectivity index (χ2n) is 3.06. The van der Waals surface area contributed by atoms with Crippen LogP contribution >= 0.6 is 0 Å². The van der Waals surface area contributed by atoms with E-state index in [0.717, 1.165) is 5.69 Å². The quantitative estimate of drug-likeness (QED) is 0.695. The van der Waals surface area contributed by atoms with Crippen LogP contribution in [0.1, 0.15) is 10.4 Å². The van der Waals surface area contributed by atoms with Gasteiger partial charge in [0.1, 0.15) is 0 Å². The molecule has 1 heterocycles. The molecule has 3 heteroatoms. The van der Waals surface area contributed by atoms with Gasteiger partial charge in [-0.2, -0.15) is 0 Å². The van der Waals surface area contributed by atoms with Gasteiger partial charge in [0.25, 0.3) is 0 Å². The third-order valence-electron chi connectivity index (χ3n) is 2.11. The Morgan fingerprint density at radius 1 is 1.47 bits per heavy atom. The van der Waals surface area contributed by atoms with Gasteiger partial charge < -0.3 is 9.30 Å². The van der Waals surface area contributed by atoms with Crippen LogP contribution in [-0.2, 0) is 4.74 Å². The maximum Gasteiger partial charge on any atom is 0.337 e. The van der Waals surface area contributed by atoms with Crippen LogP contribution in [0, 0.1) is 6.07 Å². The Morgan fingerprint density at radius 2 is 2.33 bits per heavy atom. The van der Waals surface area contributed by atoms with Crippen LogP contribution in [0.3, 0.4) is 0 Å². The first-order chi connectivity index (χ1) is 7.31. The fourth-order valence-electron chi connectivity index (χ4n) is 1.36. The van der Waals surface area contributed by atoms with Crippen molar-refractivity contribution in [2.75, 3.05) is 7.11 Å². The number of methoxy groups -OCH3 is 1. The van der Waals surface area contributed by atoms with Crippen LogP contribution in [0.4, 0.5) is 0 Å². The first-order valence-corrected chi connectivity index (χ1v) is 4.54. The highest BCUT2D eigenvalue weighted by atomic mass is 16.5. The molecule has 0 aliphatic carbocycles. The summed E-state index contributed by atoms with van der Waals surface area (Å²) in [4.78, 5) is 11.3. The summed E-state index contributed by atoms with van der Waals surface area (Å²) in [5.41, 5.74) is 1.46. The summed E-state index contributed by atoms with van der Waals surface area (Å²) in [5.74, 6) is -0.326. The molecule has 3 nitrogen and oxygen atoms in total. The normalized spacial score (nSPS) is 9.93. The molecule has 0 atom stereocenters. The number of benzene rings is 1. The van der Waals surface area contributed by atoms with Gasteiger partial charge in [0, 0.05) is 24.1 Å². The third kappa shape index (κ3) is 1.91. The van der Waals surface area contributed by atoms with Crippen LogP contribution in [-0.4, -0.2) is 17.6 Å². The molecule has 75 valence electrons. The molecule has 0 amide bonds. The van der Waals surface area contributed by atoms with E-state index in [-0.39, 0.29) is 5.97 Å². The van der Waals surface area contributed by atoms with Crippen LogP contribution < -0.4 is 0 Å². The zero-order chi connectivity index (χ0) is 10.7. The summed E-state index contributed by atoms with van der Waals surface area (Å²) >= 11 is 0. The minimum Gasteiger partial charge on any atom is -0.465 e. The summed E-state index contributed by atoms with van der Waals surface area (Å²) in [6, 6.07) is 12.0. The topological polar surface area (TPSA) is 31.2 Å². The number of ether oxygens (including phenoxy) is 1. The van der Waals surface area contributed by atoms with Crippen molar-refractivity contribution in [1.82, 2.24) is 4.57 Å². The predicted molar refractivity (Wildman–Crippen MR) is 55.9 cm³/mol. The van der Waals surface area contributed by atoms with Gasteiger partial charge in [0.05, 0.1) is 12.7 Å². The highest BCUT2D eigenvalue weighted by Crippen LogP contribution is 2.11. The van der Waals surface area contributed by atoms with E-state index in [1.54, 1.807) is 18.3 Å². The molecule has 2 rings (SSSR count). The molecular weight excluding hydrogens is 190 g/mol. The molecular formula is C12H10NO2. The summed E-state index contributed by atoms with van der Waals surface area (Å²) in [6.07, 6.45) is 3.67. The van der Waals surface area contributed by atoms with Gasteiger partial charge >= 0.3 is 5.97 Å². The average molecular weight is 200 g/mol. The summed E-state index contributed by atoms with van der Waals surface area (Å²) in [5, 5.41) is 0. The van der Waals surface area contributed by atoms with Crippen molar-refractivity contribution in [1.29, 1.82) is 0 Å². The predicted octanol–water partition coefficient (Wildman–Crippen LogP) is 2.06. The number of aromatic nitrogens is 1. The maximum atomic E-state index is 11.3. The average Bonchev–Trinajstić information content (AvgIpc) is 2.82. The van der Waals surface area contributed by atoms with Gasteiger partial charge in [-0.3, -0.25) is 0 Å². The van der Waals surface area contributed by atoms with E-state index in [4.69, 9.17) is 0 Å². The van der Waals surface area contributed by atoms with Gasteiger partial charge in [0.2, 0.25) is 0 Å². The Morgan fingerprint density at radius 3 is 3.00 bits per heavy atom. The molecule has 15 heavy (non-hydrogen) atoms. The number of hydrogen-bond donors (Lipinski definition) is 0. The number of carbonyl (C=O) groups excluding carboxylic acids is 1. The summed E-state index contributed by atoms with van der Waals surface area (Å²) < 4.78 is 6.53. The molecule has 0 bridgehead atoms. The fraction of sp³-hybridized carbons (Fsp3) is 0.0833. The third-order valence-corrected chi connectivity index (χ3v) is 2.11. The lowest BCUT2D eigenvalue weighted by Gasteiger charge is -2.04. The van der Waals surface area contributed by atoms with Crippen molar-refractivity contribution >= 4 is 5.97 Å². The molecule has 0 aliphatic heterocycles.